The molecule has 1 aromatic carbocycles. The van der Waals surface area contributed by atoms with E-state index in [0.717, 1.165) is 18.4 Å². The summed E-state index contributed by atoms with van der Waals surface area (Å²) in [6.07, 6.45) is 4.22. The van der Waals surface area contributed by atoms with E-state index in [1.807, 2.05) is 12.1 Å². The number of anilines is 1. The van der Waals surface area contributed by atoms with Crippen LogP contribution >= 0.6 is 0 Å². The van der Waals surface area contributed by atoms with Crippen molar-refractivity contribution in [2.75, 3.05) is 11.9 Å². The Morgan fingerprint density at radius 2 is 2.00 bits per heavy atom. The fraction of sp³-hybridized carbons (Fsp3) is 0.214. The van der Waals surface area contributed by atoms with E-state index < -0.39 is 5.97 Å². The first-order valence-corrected chi connectivity index (χ1v) is 6.22. The molecule has 0 spiro atoms. The number of nitrogens with one attached hydrogen (secondary N) is 1. The van der Waals surface area contributed by atoms with Crippen LogP contribution in [0.3, 0.4) is 0 Å². The van der Waals surface area contributed by atoms with Crippen LogP contribution in [0.2, 0.25) is 0 Å². The SMILES string of the molecule is O=C(O)c1cnc(NCCCc2cccc(O)c2)nc1. The molecule has 0 aliphatic carbocycles. The van der Waals surface area contributed by atoms with Gasteiger partial charge in [0.05, 0.1) is 5.56 Å². The van der Waals surface area contributed by atoms with Crippen molar-refractivity contribution in [2.24, 2.45) is 0 Å². The maximum atomic E-state index is 10.6. The van der Waals surface area contributed by atoms with Gasteiger partial charge in [-0.3, -0.25) is 0 Å². The third kappa shape index (κ3) is 3.94. The molecule has 6 heteroatoms. The number of hydrogen-bond donors (Lipinski definition) is 3. The monoisotopic (exact) mass is 273 g/mol. The Hall–Kier alpha value is -2.63. The first-order chi connectivity index (χ1) is 9.65. The maximum Gasteiger partial charge on any atom is 0.338 e. The van der Waals surface area contributed by atoms with Crippen LogP contribution in [0.5, 0.6) is 5.75 Å². The van der Waals surface area contributed by atoms with Crippen molar-refractivity contribution in [2.45, 2.75) is 12.8 Å². The smallest absolute Gasteiger partial charge is 0.338 e. The predicted molar refractivity (Wildman–Crippen MR) is 73.9 cm³/mol. The molecule has 0 aliphatic rings. The number of nitrogens with zero attached hydrogens (tertiary/aromatic N) is 2. The number of carbonyl (C=O) groups is 1. The number of phenolic OH excluding ortho intramolecular Hbond substituents is 1. The van der Waals surface area contributed by atoms with Crippen molar-refractivity contribution in [3.63, 3.8) is 0 Å². The Morgan fingerprint density at radius 3 is 2.65 bits per heavy atom. The third-order valence-electron chi connectivity index (χ3n) is 2.73. The average molecular weight is 273 g/mol. The van der Waals surface area contributed by atoms with Gasteiger partial charge in [-0.2, -0.15) is 0 Å². The van der Waals surface area contributed by atoms with Crippen LogP contribution in [0.4, 0.5) is 5.95 Å². The van der Waals surface area contributed by atoms with Crippen molar-refractivity contribution in [1.29, 1.82) is 0 Å². The molecule has 0 atom stereocenters. The van der Waals surface area contributed by atoms with Gasteiger partial charge in [0.2, 0.25) is 5.95 Å². The Kier molecular flexibility index (Phi) is 4.49. The summed E-state index contributed by atoms with van der Waals surface area (Å²) in [6, 6.07) is 7.14. The third-order valence-corrected chi connectivity index (χ3v) is 2.73. The lowest BCUT2D eigenvalue weighted by Gasteiger charge is -2.05. The number of aromatic nitrogens is 2. The minimum absolute atomic E-state index is 0.0651. The highest BCUT2D eigenvalue weighted by molar-refractivity contribution is 5.86. The lowest BCUT2D eigenvalue weighted by molar-refractivity contribution is 0.0696. The Labute approximate surface area is 116 Å². The van der Waals surface area contributed by atoms with Crippen LogP contribution in [0, 0.1) is 0 Å². The number of aryl methyl sites for hydroxylation is 1. The molecule has 0 amide bonds. The zero-order valence-corrected chi connectivity index (χ0v) is 10.8. The summed E-state index contributed by atoms with van der Waals surface area (Å²) < 4.78 is 0. The fourth-order valence-corrected chi connectivity index (χ4v) is 1.73. The molecule has 20 heavy (non-hydrogen) atoms. The number of benzene rings is 1. The number of carboxylic acid groups (broad SMARTS) is 1. The van der Waals surface area contributed by atoms with Crippen LogP contribution < -0.4 is 5.32 Å². The van der Waals surface area contributed by atoms with E-state index in [2.05, 4.69) is 15.3 Å². The van der Waals surface area contributed by atoms with Crippen molar-refractivity contribution in [3.05, 3.63) is 47.8 Å². The topological polar surface area (TPSA) is 95.3 Å². The van der Waals surface area contributed by atoms with Gasteiger partial charge in [-0.15, -0.1) is 0 Å². The van der Waals surface area contributed by atoms with E-state index in [-0.39, 0.29) is 11.3 Å². The summed E-state index contributed by atoms with van der Waals surface area (Å²) in [7, 11) is 0. The summed E-state index contributed by atoms with van der Waals surface area (Å²) >= 11 is 0. The zero-order chi connectivity index (χ0) is 14.4. The maximum absolute atomic E-state index is 10.6. The summed E-state index contributed by atoms with van der Waals surface area (Å²) in [5, 5.41) is 21.1. The standard InChI is InChI=1S/C14H15N3O3/c18-12-5-1-3-10(7-12)4-2-6-15-14-16-8-11(9-17-14)13(19)20/h1,3,5,7-9,18H,2,4,6H2,(H,19,20)(H,15,16,17). The van der Waals surface area contributed by atoms with Crippen molar-refractivity contribution in [3.8, 4) is 5.75 Å². The fourth-order valence-electron chi connectivity index (χ4n) is 1.73. The van der Waals surface area contributed by atoms with E-state index >= 15 is 0 Å². The molecule has 0 saturated heterocycles. The quantitative estimate of drug-likeness (QED) is 0.696. The highest BCUT2D eigenvalue weighted by Gasteiger charge is 2.03. The van der Waals surface area contributed by atoms with Gasteiger partial charge in [0.25, 0.3) is 0 Å². The predicted octanol–water partition coefficient (Wildman–Crippen LogP) is 1.93. The number of hydrogen-bond acceptors (Lipinski definition) is 5. The number of rotatable bonds is 6. The van der Waals surface area contributed by atoms with Crippen LogP contribution in [0.25, 0.3) is 0 Å². The molecule has 1 heterocycles. The second-order valence-electron chi connectivity index (χ2n) is 4.30. The van der Waals surface area contributed by atoms with E-state index in [1.165, 1.54) is 12.4 Å². The first kappa shape index (κ1) is 13.8. The number of carboxylic acids is 1. The Morgan fingerprint density at radius 1 is 1.25 bits per heavy atom. The molecule has 3 N–H and O–H groups in total. The summed E-state index contributed by atoms with van der Waals surface area (Å²) in [4.78, 5) is 18.5. The van der Waals surface area contributed by atoms with Gasteiger partial charge in [0.1, 0.15) is 5.75 Å². The minimum atomic E-state index is -1.04. The molecule has 0 aliphatic heterocycles. The van der Waals surface area contributed by atoms with Crippen molar-refractivity contribution < 1.29 is 15.0 Å². The molecular weight excluding hydrogens is 258 g/mol. The summed E-state index contributed by atoms with van der Waals surface area (Å²) in [6.45, 7) is 0.669. The highest BCUT2D eigenvalue weighted by atomic mass is 16.4. The average Bonchev–Trinajstić information content (AvgIpc) is 2.44. The Balaban J connectivity index is 1.77. The molecular formula is C14H15N3O3. The van der Waals surface area contributed by atoms with Gasteiger partial charge in [-0.05, 0) is 30.5 Å². The lowest BCUT2D eigenvalue weighted by atomic mass is 10.1. The van der Waals surface area contributed by atoms with Gasteiger partial charge >= 0.3 is 5.97 Å². The van der Waals surface area contributed by atoms with Crippen LogP contribution in [-0.2, 0) is 6.42 Å². The molecule has 104 valence electrons. The first-order valence-electron chi connectivity index (χ1n) is 6.22. The Bertz CT molecular complexity index is 584. The zero-order valence-electron chi connectivity index (χ0n) is 10.8. The number of aromatic carboxylic acids is 1. The molecule has 0 unspecified atom stereocenters. The van der Waals surface area contributed by atoms with Crippen LogP contribution in [0.15, 0.2) is 36.7 Å². The molecule has 0 fully saturated rings. The highest BCUT2D eigenvalue weighted by Crippen LogP contribution is 2.12. The second-order valence-corrected chi connectivity index (χ2v) is 4.30. The summed E-state index contributed by atoms with van der Waals surface area (Å²) in [5.41, 5.74) is 1.13. The molecule has 0 radical (unpaired) electrons. The second kappa shape index (κ2) is 6.51. The van der Waals surface area contributed by atoms with E-state index in [4.69, 9.17) is 5.11 Å². The van der Waals surface area contributed by atoms with Gasteiger partial charge in [-0.25, -0.2) is 14.8 Å². The largest absolute Gasteiger partial charge is 0.508 e. The minimum Gasteiger partial charge on any atom is -0.508 e. The van der Waals surface area contributed by atoms with Gasteiger partial charge in [0.15, 0.2) is 0 Å². The van der Waals surface area contributed by atoms with E-state index in [9.17, 15) is 9.90 Å². The number of aromatic hydroxyl groups is 1. The summed E-state index contributed by atoms with van der Waals surface area (Å²) in [5.74, 6) is -0.366. The van der Waals surface area contributed by atoms with Crippen LogP contribution in [-0.4, -0.2) is 32.7 Å². The number of phenols is 1. The van der Waals surface area contributed by atoms with Crippen molar-refractivity contribution in [1.82, 2.24) is 9.97 Å². The molecule has 0 saturated carbocycles. The lowest BCUT2D eigenvalue weighted by Crippen LogP contribution is -2.07. The molecule has 0 bridgehead atoms. The van der Waals surface area contributed by atoms with Crippen LogP contribution in [0.1, 0.15) is 22.3 Å². The van der Waals surface area contributed by atoms with E-state index in [1.54, 1.807) is 12.1 Å². The normalized spacial score (nSPS) is 10.2. The molecule has 1 aromatic heterocycles. The van der Waals surface area contributed by atoms with Crippen molar-refractivity contribution >= 4 is 11.9 Å². The molecule has 6 nitrogen and oxygen atoms in total. The van der Waals surface area contributed by atoms with Gasteiger partial charge in [0, 0.05) is 18.9 Å². The van der Waals surface area contributed by atoms with Gasteiger partial charge < -0.3 is 15.5 Å². The van der Waals surface area contributed by atoms with E-state index in [0.29, 0.717) is 12.5 Å². The molecule has 2 rings (SSSR count). The van der Waals surface area contributed by atoms with Gasteiger partial charge in [-0.1, -0.05) is 12.1 Å². The molecule has 2 aromatic rings.